The predicted octanol–water partition coefficient (Wildman–Crippen LogP) is 2.99. The van der Waals surface area contributed by atoms with Gasteiger partial charge in [-0.15, -0.1) is 0 Å². The summed E-state index contributed by atoms with van der Waals surface area (Å²) in [4.78, 5) is 17.1. The van der Waals surface area contributed by atoms with Crippen LogP contribution in [0.15, 0.2) is 23.1 Å². The molecule has 8 heteroatoms. The minimum Gasteiger partial charge on any atom is -0.354 e. The Kier molecular flexibility index (Phi) is 6.95. The van der Waals surface area contributed by atoms with Crippen LogP contribution in [0.3, 0.4) is 0 Å². The number of imidazole rings is 1. The Balaban J connectivity index is 1.75. The second-order valence-corrected chi connectivity index (χ2v) is 9.90. The van der Waals surface area contributed by atoms with Gasteiger partial charge in [-0.3, -0.25) is 4.79 Å². The number of hydrogen-bond acceptors (Lipinski definition) is 4. The lowest BCUT2D eigenvalue weighted by atomic mass is 10.2. The Hall–Kier alpha value is -1.93. The Bertz CT molecular complexity index is 962. The first-order valence-electron chi connectivity index (χ1n) is 10.6. The molecule has 1 unspecified atom stereocenters. The van der Waals surface area contributed by atoms with Crippen LogP contribution in [0.25, 0.3) is 11.0 Å². The van der Waals surface area contributed by atoms with Crippen LogP contribution >= 0.6 is 0 Å². The summed E-state index contributed by atoms with van der Waals surface area (Å²) in [5.41, 5.74) is 1.53. The minimum atomic E-state index is -3.48. The van der Waals surface area contributed by atoms with Crippen LogP contribution < -0.4 is 5.32 Å². The van der Waals surface area contributed by atoms with Crippen molar-refractivity contribution < 1.29 is 13.2 Å². The first-order chi connectivity index (χ1) is 13.8. The van der Waals surface area contributed by atoms with Crippen molar-refractivity contribution in [3.05, 3.63) is 24.0 Å². The minimum absolute atomic E-state index is 0.0198. The Morgan fingerprint density at radius 3 is 2.66 bits per heavy atom. The van der Waals surface area contributed by atoms with Gasteiger partial charge < -0.3 is 9.88 Å². The summed E-state index contributed by atoms with van der Waals surface area (Å²) in [6.07, 6.45) is 5.79. The van der Waals surface area contributed by atoms with Gasteiger partial charge in [-0.2, -0.15) is 4.31 Å². The van der Waals surface area contributed by atoms with Gasteiger partial charge in [0.2, 0.25) is 15.9 Å². The summed E-state index contributed by atoms with van der Waals surface area (Å²) in [6.45, 7) is 5.28. The van der Waals surface area contributed by atoms with Gasteiger partial charge in [0.15, 0.2) is 0 Å². The Morgan fingerprint density at radius 2 is 1.97 bits per heavy atom. The van der Waals surface area contributed by atoms with Gasteiger partial charge in [0.1, 0.15) is 5.82 Å². The van der Waals surface area contributed by atoms with E-state index in [2.05, 4.69) is 17.2 Å². The van der Waals surface area contributed by atoms with E-state index >= 15 is 0 Å². The maximum Gasteiger partial charge on any atom is 0.243 e. The molecule has 29 heavy (non-hydrogen) atoms. The molecule has 1 saturated heterocycles. The molecule has 1 N–H and O–H groups in total. The van der Waals surface area contributed by atoms with Crippen LogP contribution in [0, 0.1) is 0 Å². The average Bonchev–Trinajstić information content (AvgIpc) is 3.02. The number of nitrogens with one attached hydrogen (secondary N) is 1. The highest BCUT2D eigenvalue weighted by atomic mass is 32.2. The monoisotopic (exact) mass is 420 g/mol. The molecule has 1 amide bonds. The molecule has 0 bridgehead atoms. The zero-order valence-electron chi connectivity index (χ0n) is 17.6. The van der Waals surface area contributed by atoms with E-state index in [4.69, 9.17) is 0 Å². The molecular weight excluding hydrogens is 388 g/mol. The summed E-state index contributed by atoms with van der Waals surface area (Å²) in [6, 6.07) is 5.31. The quantitative estimate of drug-likeness (QED) is 0.711. The van der Waals surface area contributed by atoms with Crippen molar-refractivity contribution in [1.29, 1.82) is 0 Å². The van der Waals surface area contributed by atoms with E-state index in [-0.39, 0.29) is 11.9 Å². The number of aryl methyl sites for hydroxylation is 2. The van der Waals surface area contributed by atoms with E-state index in [1.165, 1.54) is 0 Å². The fourth-order valence-corrected chi connectivity index (χ4v) is 5.48. The molecule has 7 nitrogen and oxygen atoms in total. The molecule has 160 valence electrons. The van der Waals surface area contributed by atoms with E-state index in [9.17, 15) is 13.2 Å². The second-order valence-electron chi connectivity index (χ2n) is 7.96. The van der Waals surface area contributed by atoms with Gasteiger partial charge >= 0.3 is 0 Å². The molecule has 1 fully saturated rings. The van der Waals surface area contributed by atoms with Crippen molar-refractivity contribution in [2.75, 3.05) is 13.1 Å². The Morgan fingerprint density at radius 1 is 1.24 bits per heavy atom. The van der Waals surface area contributed by atoms with E-state index in [0.29, 0.717) is 36.3 Å². The summed E-state index contributed by atoms with van der Waals surface area (Å²) < 4.78 is 29.4. The first kappa shape index (κ1) is 21.8. The lowest BCUT2D eigenvalue weighted by Crippen LogP contribution is -2.35. The van der Waals surface area contributed by atoms with Crippen LogP contribution in [0.5, 0.6) is 0 Å². The number of hydrogen-bond donors (Lipinski definition) is 1. The smallest absolute Gasteiger partial charge is 0.243 e. The Labute approximate surface area is 173 Å². The first-order valence-corrected chi connectivity index (χ1v) is 12.0. The van der Waals surface area contributed by atoms with E-state index in [0.717, 1.165) is 43.4 Å². The van der Waals surface area contributed by atoms with Crippen molar-refractivity contribution in [3.8, 4) is 0 Å². The fourth-order valence-electron chi connectivity index (χ4n) is 3.95. The highest BCUT2D eigenvalue weighted by Gasteiger charge is 2.26. The summed E-state index contributed by atoms with van der Waals surface area (Å²) >= 11 is 0. The lowest BCUT2D eigenvalue weighted by Gasteiger charge is -2.25. The maximum absolute atomic E-state index is 12.9. The molecule has 1 aromatic carbocycles. The number of amides is 1. The largest absolute Gasteiger partial charge is 0.354 e. The third kappa shape index (κ3) is 4.98. The molecule has 0 spiro atoms. The van der Waals surface area contributed by atoms with Gasteiger partial charge in [-0.05, 0) is 44.4 Å². The number of sulfonamides is 1. The topological polar surface area (TPSA) is 84.3 Å². The van der Waals surface area contributed by atoms with E-state index in [1.54, 1.807) is 16.4 Å². The summed E-state index contributed by atoms with van der Waals surface area (Å²) in [5.74, 6) is 0.803. The fraction of sp³-hybridized carbons (Fsp3) is 0.619. The number of carbonyl (C=O) groups excluding carboxylic acids is 1. The molecule has 0 radical (unpaired) electrons. The number of benzene rings is 1. The molecule has 0 aliphatic carbocycles. The number of piperidine rings is 1. The number of nitrogens with zero attached hydrogens (tertiary/aromatic N) is 3. The number of aromatic nitrogens is 2. The number of rotatable bonds is 8. The van der Waals surface area contributed by atoms with Crippen LogP contribution in [-0.2, 0) is 28.3 Å². The molecule has 2 aromatic rings. The zero-order valence-corrected chi connectivity index (χ0v) is 18.5. The van der Waals surface area contributed by atoms with Crippen molar-refractivity contribution in [2.24, 2.45) is 7.05 Å². The van der Waals surface area contributed by atoms with Crippen molar-refractivity contribution in [2.45, 2.75) is 69.7 Å². The van der Waals surface area contributed by atoms with Crippen LogP contribution in [-0.4, -0.2) is 47.3 Å². The molecule has 0 saturated carbocycles. The van der Waals surface area contributed by atoms with Crippen molar-refractivity contribution in [3.63, 3.8) is 0 Å². The normalized spacial score (nSPS) is 16.8. The summed E-state index contributed by atoms with van der Waals surface area (Å²) in [5, 5.41) is 3.01. The van der Waals surface area contributed by atoms with Gasteiger partial charge in [0.25, 0.3) is 0 Å². The molecular formula is C21H32N4O3S. The van der Waals surface area contributed by atoms with Crippen LogP contribution in [0.1, 0.15) is 58.2 Å². The van der Waals surface area contributed by atoms with Gasteiger partial charge in [-0.1, -0.05) is 19.8 Å². The number of fused-ring (bicyclic) bond motifs is 1. The third-order valence-corrected chi connectivity index (χ3v) is 7.50. The standard InChI is InChI=1S/C21H32N4O3S/c1-4-8-16(2)22-21(26)12-11-20-23-18-15-17(9-10-19(18)24(20)3)29(27,28)25-13-6-5-7-14-25/h9-10,15-16H,4-8,11-14H2,1-3H3,(H,22,26). The molecule has 3 rings (SSSR count). The molecule has 1 atom stereocenters. The maximum atomic E-state index is 12.9. The van der Waals surface area contributed by atoms with Gasteiger partial charge in [0.05, 0.1) is 15.9 Å². The number of carbonyl (C=O) groups is 1. The SMILES string of the molecule is CCCC(C)NC(=O)CCc1nc2cc(S(=O)(=O)N3CCCCC3)ccc2n1C. The van der Waals surface area contributed by atoms with Crippen molar-refractivity contribution >= 4 is 27.0 Å². The summed E-state index contributed by atoms with van der Waals surface area (Å²) in [7, 11) is -1.58. The van der Waals surface area contributed by atoms with Gasteiger partial charge in [0, 0.05) is 39.0 Å². The zero-order chi connectivity index (χ0) is 21.0. The highest BCUT2D eigenvalue weighted by molar-refractivity contribution is 7.89. The van der Waals surface area contributed by atoms with Crippen LogP contribution in [0.2, 0.25) is 0 Å². The van der Waals surface area contributed by atoms with E-state index < -0.39 is 10.0 Å². The highest BCUT2D eigenvalue weighted by Crippen LogP contribution is 2.24. The molecule has 2 heterocycles. The van der Waals surface area contributed by atoms with E-state index in [1.807, 2.05) is 24.6 Å². The van der Waals surface area contributed by atoms with Crippen LogP contribution in [0.4, 0.5) is 0 Å². The van der Waals surface area contributed by atoms with Gasteiger partial charge in [-0.25, -0.2) is 13.4 Å². The lowest BCUT2D eigenvalue weighted by molar-refractivity contribution is -0.121. The average molecular weight is 421 g/mol. The molecule has 1 aliphatic heterocycles. The van der Waals surface area contributed by atoms with Crippen molar-refractivity contribution in [1.82, 2.24) is 19.2 Å². The molecule has 1 aromatic heterocycles. The third-order valence-electron chi connectivity index (χ3n) is 5.60. The predicted molar refractivity (Wildman–Crippen MR) is 114 cm³/mol. The molecule has 1 aliphatic rings. The second kappa shape index (κ2) is 9.26.